The van der Waals surface area contributed by atoms with Gasteiger partial charge in [-0.05, 0) is 66.9 Å². The number of primary amides is 1. The van der Waals surface area contributed by atoms with E-state index in [0.29, 0.717) is 43.2 Å². The van der Waals surface area contributed by atoms with Crippen LogP contribution in [0.25, 0.3) is 0 Å². The summed E-state index contributed by atoms with van der Waals surface area (Å²) >= 11 is 0. The van der Waals surface area contributed by atoms with Gasteiger partial charge in [0, 0.05) is 18.3 Å². The highest BCUT2D eigenvalue weighted by atomic mass is 16.5. The van der Waals surface area contributed by atoms with Gasteiger partial charge >= 0.3 is 0 Å². The summed E-state index contributed by atoms with van der Waals surface area (Å²) in [6.07, 6.45) is 2.19. The van der Waals surface area contributed by atoms with Crippen molar-refractivity contribution in [2.24, 2.45) is 5.73 Å². The molecule has 0 aliphatic rings. The Labute approximate surface area is 181 Å². The first-order valence-electron chi connectivity index (χ1n) is 10.0. The molecule has 31 heavy (non-hydrogen) atoms. The Morgan fingerprint density at radius 1 is 0.968 bits per heavy atom. The average Bonchev–Trinajstić information content (AvgIpc) is 2.78. The maximum Gasteiger partial charge on any atom is 0.267 e. The van der Waals surface area contributed by atoms with E-state index in [1.54, 1.807) is 30.3 Å². The van der Waals surface area contributed by atoms with Crippen LogP contribution in [0.4, 0.5) is 0 Å². The molecular weight excluding hydrogens is 394 g/mol. The maximum absolute atomic E-state index is 12.4. The minimum Gasteiger partial charge on any atom is -0.494 e. The highest BCUT2D eigenvalue weighted by Gasteiger charge is 2.07. The minimum absolute atomic E-state index is 0.142. The lowest BCUT2D eigenvalue weighted by Crippen LogP contribution is -2.25. The Bertz CT molecular complexity index is 1050. The smallest absolute Gasteiger partial charge is 0.267 e. The number of ether oxygens (including phenoxy) is 2. The fraction of sp³-hybridized carbons (Fsp3) is 0.208. The van der Waals surface area contributed by atoms with E-state index in [-0.39, 0.29) is 11.6 Å². The van der Waals surface area contributed by atoms with E-state index in [0.717, 1.165) is 11.1 Å². The lowest BCUT2D eigenvalue weighted by Gasteiger charge is -2.10. The third-order valence-electron chi connectivity index (χ3n) is 4.49. The molecule has 3 N–H and O–H groups in total. The molecule has 0 atom stereocenters. The van der Waals surface area contributed by atoms with Gasteiger partial charge in [-0.25, -0.2) is 0 Å². The molecule has 3 aromatic rings. The molecule has 0 radical (unpaired) electrons. The predicted octanol–water partition coefficient (Wildman–Crippen LogP) is 3.13. The van der Waals surface area contributed by atoms with Crippen LogP contribution in [-0.4, -0.2) is 29.9 Å². The van der Waals surface area contributed by atoms with E-state index in [1.807, 2.05) is 37.3 Å². The fourth-order valence-corrected chi connectivity index (χ4v) is 2.97. The standard InChI is InChI=1S/C24H25N3O4/c1-2-30-21-8-4-6-19(15-21)24(29)27-12-9-17-5-3-7-20(13-17)31-16-18-10-11-26-22(14-18)23(25)28/h3-8,10-11,13-15H,2,9,12,16H2,1H3,(H2,25,28)(H,27,29). The molecule has 2 aromatic carbocycles. The SMILES string of the molecule is CCOc1cccc(C(=O)NCCc2cccc(OCc3ccnc(C(N)=O)c3)c2)c1. The molecule has 160 valence electrons. The summed E-state index contributed by atoms with van der Waals surface area (Å²) in [4.78, 5) is 27.5. The van der Waals surface area contributed by atoms with E-state index in [9.17, 15) is 9.59 Å². The number of nitrogens with one attached hydrogen (secondary N) is 1. The zero-order valence-corrected chi connectivity index (χ0v) is 17.3. The summed E-state index contributed by atoms with van der Waals surface area (Å²) in [5, 5.41) is 2.92. The lowest BCUT2D eigenvalue weighted by atomic mass is 10.1. The third kappa shape index (κ3) is 6.57. The van der Waals surface area contributed by atoms with Crippen LogP contribution in [-0.2, 0) is 13.0 Å². The van der Waals surface area contributed by atoms with Crippen LogP contribution in [0.5, 0.6) is 11.5 Å². The van der Waals surface area contributed by atoms with E-state index in [1.165, 1.54) is 6.20 Å². The predicted molar refractivity (Wildman–Crippen MR) is 117 cm³/mol. The maximum atomic E-state index is 12.4. The first-order chi connectivity index (χ1) is 15.0. The Hall–Kier alpha value is -3.87. The number of hydrogen-bond acceptors (Lipinski definition) is 5. The Balaban J connectivity index is 1.51. The zero-order chi connectivity index (χ0) is 22.1. The molecular formula is C24H25N3O4. The van der Waals surface area contributed by atoms with Crippen molar-refractivity contribution in [2.45, 2.75) is 20.0 Å². The van der Waals surface area contributed by atoms with Gasteiger partial charge in [0.25, 0.3) is 11.8 Å². The lowest BCUT2D eigenvalue weighted by molar-refractivity contribution is 0.0952. The fourth-order valence-electron chi connectivity index (χ4n) is 2.97. The first-order valence-corrected chi connectivity index (χ1v) is 10.0. The van der Waals surface area contributed by atoms with Crippen LogP contribution in [0.1, 0.15) is 38.9 Å². The summed E-state index contributed by atoms with van der Waals surface area (Å²) in [5.41, 5.74) is 7.87. The summed E-state index contributed by atoms with van der Waals surface area (Å²) in [5.74, 6) is 0.662. The molecule has 1 aromatic heterocycles. The number of pyridine rings is 1. The number of nitrogens with two attached hydrogens (primary N) is 1. The highest BCUT2D eigenvalue weighted by molar-refractivity contribution is 5.94. The number of nitrogens with zero attached hydrogens (tertiary/aromatic N) is 1. The van der Waals surface area contributed by atoms with Crippen molar-refractivity contribution in [3.63, 3.8) is 0 Å². The second-order valence-corrected chi connectivity index (χ2v) is 6.82. The zero-order valence-electron chi connectivity index (χ0n) is 17.3. The van der Waals surface area contributed by atoms with Crippen LogP contribution >= 0.6 is 0 Å². The number of carbonyl (C=O) groups is 2. The summed E-state index contributed by atoms with van der Waals surface area (Å²) < 4.78 is 11.3. The third-order valence-corrected chi connectivity index (χ3v) is 4.49. The van der Waals surface area contributed by atoms with Crippen molar-refractivity contribution in [2.75, 3.05) is 13.2 Å². The summed E-state index contributed by atoms with van der Waals surface area (Å²) in [7, 11) is 0. The number of aromatic nitrogens is 1. The van der Waals surface area contributed by atoms with Crippen LogP contribution in [0, 0.1) is 0 Å². The molecule has 0 saturated heterocycles. The van der Waals surface area contributed by atoms with Gasteiger partial charge in [0.15, 0.2) is 0 Å². The van der Waals surface area contributed by atoms with E-state index < -0.39 is 5.91 Å². The van der Waals surface area contributed by atoms with Gasteiger partial charge in [-0.1, -0.05) is 18.2 Å². The van der Waals surface area contributed by atoms with Crippen molar-refractivity contribution in [3.8, 4) is 11.5 Å². The van der Waals surface area contributed by atoms with Crippen LogP contribution in [0.3, 0.4) is 0 Å². The van der Waals surface area contributed by atoms with Gasteiger partial charge in [0.2, 0.25) is 0 Å². The van der Waals surface area contributed by atoms with Gasteiger partial charge in [-0.15, -0.1) is 0 Å². The second-order valence-electron chi connectivity index (χ2n) is 6.82. The minimum atomic E-state index is -0.574. The molecule has 0 aliphatic heterocycles. The molecule has 0 unspecified atom stereocenters. The number of amides is 2. The van der Waals surface area contributed by atoms with E-state index >= 15 is 0 Å². The van der Waals surface area contributed by atoms with Crippen molar-refractivity contribution < 1.29 is 19.1 Å². The molecule has 3 rings (SSSR count). The van der Waals surface area contributed by atoms with E-state index in [4.69, 9.17) is 15.2 Å². The average molecular weight is 419 g/mol. The molecule has 0 fully saturated rings. The summed E-state index contributed by atoms with van der Waals surface area (Å²) in [6, 6.07) is 18.2. The molecule has 0 saturated carbocycles. The van der Waals surface area contributed by atoms with Crippen molar-refractivity contribution in [1.82, 2.24) is 10.3 Å². The van der Waals surface area contributed by atoms with Gasteiger partial charge in [0.05, 0.1) is 6.61 Å². The van der Waals surface area contributed by atoms with E-state index in [2.05, 4.69) is 10.3 Å². The van der Waals surface area contributed by atoms with Crippen LogP contribution < -0.4 is 20.5 Å². The van der Waals surface area contributed by atoms with Crippen LogP contribution in [0.2, 0.25) is 0 Å². The number of rotatable bonds is 10. The molecule has 1 heterocycles. The number of hydrogen-bond donors (Lipinski definition) is 2. The largest absolute Gasteiger partial charge is 0.494 e. The molecule has 0 spiro atoms. The first kappa shape index (κ1) is 21.8. The molecule has 7 nitrogen and oxygen atoms in total. The Morgan fingerprint density at radius 2 is 1.74 bits per heavy atom. The highest BCUT2D eigenvalue weighted by Crippen LogP contribution is 2.16. The topological polar surface area (TPSA) is 104 Å². The van der Waals surface area contributed by atoms with Gasteiger partial charge in [-0.2, -0.15) is 0 Å². The monoisotopic (exact) mass is 419 g/mol. The van der Waals surface area contributed by atoms with Crippen molar-refractivity contribution in [1.29, 1.82) is 0 Å². The number of carbonyl (C=O) groups excluding carboxylic acids is 2. The molecule has 7 heteroatoms. The molecule has 0 bridgehead atoms. The Kier molecular flexibility index (Phi) is 7.59. The van der Waals surface area contributed by atoms with Crippen molar-refractivity contribution in [3.05, 3.63) is 89.2 Å². The number of benzene rings is 2. The van der Waals surface area contributed by atoms with Gasteiger partial charge < -0.3 is 20.5 Å². The quantitative estimate of drug-likeness (QED) is 0.525. The van der Waals surface area contributed by atoms with Crippen molar-refractivity contribution >= 4 is 11.8 Å². The molecule has 2 amide bonds. The molecule has 0 aliphatic carbocycles. The Morgan fingerprint density at radius 3 is 2.52 bits per heavy atom. The van der Waals surface area contributed by atoms with Gasteiger partial charge in [0.1, 0.15) is 23.8 Å². The second kappa shape index (κ2) is 10.8. The normalized spacial score (nSPS) is 10.4. The summed E-state index contributed by atoms with van der Waals surface area (Å²) in [6.45, 7) is 3.24. The van der Waals surface area contributed by atoms with Gasteiger partial charge in [-0.3, -0.25) is 14.6 Å². The van der Waals surface area contributed by atoms with Crippen LogP contribution in [0.15, 0.2) is 66.9 Å².